The van der Waals surface area contributed by atoms with E-state index in [2.05, 4.69) is 4.98 Å². The maximum absolute atomic E-state index is 13.9. The predicted octanol–water partition coefficient (Wildman–Crippen LogP) is 4.66. The highest BCUT2D eigenvalue weighted by Crippen LogP contribution is 2.27. The van der Waals surface area contributed by atoms with E-state index in [1.54, 1.807) is 25.1 Å². The van der Waals surface area contributed by atoms with Gasteiger partial charge in [-0.05, 0) is 36.8 Å². The summed E-state index contributed by atoms with van der Waals surface area (Å²) < 4.78 is 29.0. The molecule has 2 nitrogen and oxygen atoms in total. The zero-order chi connectivity index (χ0) is 15.0. The molecule has 1 unspecified atom stereocenters. The molecule has 0 aliphatic heterocycles. The molecule has 5 heteroatoms. The summed E-state index contributed by atoms with van der Waals surface area (Å²) in [6, 6.07) is 11.1. The molecule has 2 aromatic carbocycles. The third-order valence-corrected chi connectivity index (χ3v) is 3.54. The third-order valence-electron chi connectivity index (χ3n) is 3.34. The number of aromatic nitrogens is 2. The Labute approximate surface area is 126 Å². The van der Waals surface area contributed by atoms with Crippen LogP contribution in [-0.4, -0.2) is 9.55 Å². The summed E-state index contributed by atoms with van der Waals surface area (Å²) in [7, 11) is 0. The van der Waals surface area contributed by atoms with Crippen molar-refractivity contribution < 1.29 is 8.78 Å². The van der Waals surface area contributed by atoms with E-state index in [-0.39, 0.29) is 22.5 Å². The van der Waals surface area contributed by atoms with Gasteiger partial charge in [-0.25, -0.2) is 13.8 Å². The van der Waals surface area contributed by atoms with Crippen LogP contribution in [0.2, 0.25) is 0 Å². The molecule has 1 atom stereocenters. The Morgan fingerprint density at radius 1 is 1.19 bits per heavy atom. The van der Waals surface area contributed by atoms with Crippen molar-refractivity contribution in [2.45, 2.75) is 18.8 Å². The van der Waals surface area contributed by atoms with Crippen molar-refractivity contribution in [3.63, 3.8) is 0 Å². The van der Waals surface area contributed by atoms with E-state index in [9.17, 15) is 8.78 Å². The molecule has 21 heavy (non-hydrogen) atoms. The normalized spacial score (nSPS) is 12.8. The van der Waals surface area contributed by atoms with Gasteiger partial charge in [0.05, 0.1) is 10.9 Å². The van der Waals surface area contributed by atoms with Crippen LogP contribution in [-0.2, 0) is 6.54 Å². The lowest BCUT2D eigenvalue weighted by Gasteiger charge is -2.10. The second-order valence-corrected chi connectivity index (χ2v) is 5.56. The van der Waals surface area contributed by atoms with Crippen LogP contribution in [0.15, 0.2) is 42.5 Å². The minimum atomic E-state index is -0.385. The van der Waals surface area contributed by atoms with E-state index in [0.717, 1.165) is 5.56 Å². The third kappa shape index (κ3) is 2.63. The first kappa shape index (κ1) is 14.0. The zero-order valence-electron chi connectivity index (χ0n) is 11.4. The molecule has 1 aromatic heterocycles. The molecule has 0 N–H and O–H groups in total. The second-order valence-electron chi connectivity index (χ2n) is 4.91. The summed E-state index contributed by atoms with van der Waals surface area (Å²) in [4.78, 5) is 4.29. The Hall–Kier alpha value is -1.94. The van der Waals surface area contributed by atoms with Gasteiger partial charge < -0.3 is 4.57 Å². The van der Waals surface area contributed by atoms with Gasteiger partial charge in [0.15, 0.2) is 5.82 Å². The number of rotatable bonds is 3. The fourth-order valence-corrected chi connectivity index (χ4v) is 2.59. The Morgan fingerprint density at radius 2 is 1.95 bits per heavy atom. The Bertz CT molecular complexity index is 796. The fraction of sp³-hybridized carbons (Fsp3) is 0.188. The number of imidazole rings is 1. The van der Waals surface area contributed by atoms with Crippen molar-refractivity contribution in [1.29, 1.82) is 0 Å². The van der Waals surface area contributed by atoms with Crippen molar-refractivity contribution >= 4 is 22.6 Å². The average Bonchev–Trinajstić information content (AvgIpc) is 2.80. The van der Waals surface area contributed by atoms with E-state index < -0.39 is 0 Å². The van der Waals surface area contributed by atoms with Gasteiger partial charge in [-0.1, -0.05) is 18.2 Å². The minimum absolute atomic E-state index is 0.288. The molecular weight excluding hydrogens is 294 g/mol. The first-order chi connectivity index (χ1) is 10.1. The van der Waals surface area contributed by atoms with E-state index in [0.29, 0.717) is 17.9 Å². The maximum Gasteiger partial charge on any atom is 0.151 e. The first-order valence-corrected chi connectivity index (χ1v) is 7.03. The molecule has 3 aromatic rings. The molecule has 0 saturated carbocycles. The molecule has 0 aliphatic carbocycles. The first-order valence-electron chi connectivity index (χ1n) is 6.59. The van der Waals surface area contributed by atoms with Crippen LogP contribution >= 0.6 is 11.6 Å². The molecule has 0 fully saturated rings. The molecule has 108 valence electrons. The van der Waals surface area contributed by atoms with Gasteiger partial charge in [0.25, 0.3) is 0 Å². The van der Waals surface area contributed by atoms with Gasteiger partial charge >= 0.3 is 0 Å². The summed E-state index contributed by atoms with van der Waals surface area (Å²) in [6.45, 7) is 2.17. The lowest BCUT2D eigenvalue weighted by molar-refractivity contribution is 0.623. The number of para-hydroxylation sites is 1. The summed E-state index contributed by atoms with van der Waals surface area (Å²) in [5.41, 5.74) is 1.72. The van der Waals surface area contributed by atoms with Gasteiger partial charge in [-0.15, -0.1) is 11.6 Å². The molecule has 0 radical (unpaired) electrons. The predicted molar refractivity (Wildman–Crippen MR) is 79.5 cm³/mol. The van der Waals surface area contributed by atoms with Gasteiger partial charge in [0, 0.05) is 6.54 Å². The fourth-order valence-electron chi connectivity index (χ4n) is 2.42. The van der Waals surface area contributed by atoms with E-state index in [4.69, 9.17) is 11.6 Å². The van der Waals surface area contributed by atoms with Crippen LogP contribution in [0, 0.1) is 11.6 Å². The number of nitrogens with zero attached hydrogens (tertiary/aromatic N) is 2. The van der Waals surface area contributed by atoms with E-state index in [1.165, 1.54) is 18.2 Å². The zero-order valence-corrected chi connectivity index (χ0v) is 12.1. The Morgan fingerprint density at radius 3 is 2.67 bits per heavy atom. The minimum Gasteiger partial charge on any atom is -0.322 e. The van der Waals surface area contributed by atoms with E-state index >= 15 is 0 Å². The number of benzene rings is 2. The van der Waals surface area contributed by atoms with Crippen LogP contribution < -0.4 is 0 Å². The molecule has 0 spiro atoms. The Balaban J connectivity index is 2.16. The topological polar surface area (TPSA) is 17.8 Å². The molecule has 0 saturated heterocycles. The van der Waals surface area contributed by atoms with Crippen LogP contribution in [0.4, 0.5) is 8.78 Å². The van der Waals surface area contributed by atoms with Crippen molar-refractivity contribution in [2.24, 2.45) is 0 Å². The van der Waals surface area contributed by atoms with Crippen LogP contribution in [0.25, 0.3) is 11.0 Å². The van der Waals surface area contributed by atoms with Gasteiger partial charge in [-0.2, -0.15) is 0 Å². The standard InChI is InChI=1S/C16H13ClF2N2/c1-10(17)16-20-15-13(19)6-3-7-14(15)21(16)9-11-4-2-5-12(18)8-11/h2-8,10H,9H2,1H3. The van der Waals surface area contributed by atoms with E-state index in [1.807, 2.05) is 10.6 Å². The molecule has 3 rings (SSSR count). The highest BCUT2D eigenvalue weighted by molar-refractivity contribution is 6.20. The average molecular weight is 307 g/mol. The number of fused-ring (bicyclic) bond motifs is 1. The van der Waals surface area contributed by atoms with Gasteiger partial charge in [-0.3, -0.25) is 0 Å². The number of hydrogen-bond acceptors (Lipinski definition) is 1. The van der Waals surface area contributed by atoms with Crippen LogP contribution in [0.5, 0.6) is 0 Å². The van der Waals surface area contributed by atoms with Crippen LogP contribution in [0.1, 0.15) is 23.7 Å². The van der Waals surface area contributed by atoms with Crippen molar-refractivity contribution in [1.82, 2.24) is 9.55 Å². The SMILES string of the molecule is CC(Cl)c1nc2c(F)cccc2n1Cc1cccc(F)c1. The van der Waals surface area contributed by atoms with Gasteiger partial charge in [0.2, 0.25) is 0 Å². The lowest BCUT2D eigenvalue weighted by atomic mass is 10.2. The number of halogens is 3. The summed E-state index contributed by atoms with van der Waals surface area (Å²) >= 11 is 6.15. The number of hydrogen-bond donors (Lipinski definition) is 0. The smallest absolute Gasteiger partial charge is 0.151 e. The molecular formula is C16H13ClF2N2. The maximum atomic E-state index is 13.9. The van der Waals surface area contributed by atoms with Gasteiger partial charge in [0.1, 0.15) is 17.2 Å². The highest BCUT2D eigenvalue weighted by Gasteiger charge is 2.17. The monoisotopic (exact) mass is 306 g/mol. The molecule has 1 heterocycles. The van der Waals surface area contributed by atoms with Crippen molar-refractivity contribution in [2.75, 3.05) is 0 Å². The second kappa shape index (κ2) is 5.45. The quantitative estimate of drug-likeness (QED) is 0.643. The highest BCUT2D eigenvalue weighted by atomic mass is 35.5. The van der Waals surface area contributed by atoms with Crippen molar-refractivity contribution in [3.8, 4) is 0 Å². The summed E-state index contributed by atoms with van der Waals surface area (Å²) in [6.07, 6.45) is 0. The molecule has 0 bridgehead atoms. The summed E-state index contributed by atoms with van der Waals surface area (Å²) in [5, 5.41) is -0.370. The molecule has 0 aliphatic rings. The lowest BCUT2D eigenvalue weighted by Crippen LogP contribution is -2.06. The molecule has 0 amide bonds. The largest absolute Gasteiger partial charge is 0.322 e. The summed E-state index contributed by atoms with van der Waals surface area (Å²) in [5.74, 6) is -0.117. The van der Waals surface area contributed by atoms with Crippen LogP contribution in [0.3, 0.4) is 0 Å². The van der Waals surface area contributed by atoms with Crippen molar-refractivity contribution in [3.05, 3.63) is 65.5 Å². The Kier molecular flexibility index (Phi) is 3.64. The number of alkyl halides is 1.